The Balaban J connectivity index is 1.76. The molecule has 0 atom stereocenters. The average Bonchev–Trinajstić information content (AvgIpc) is 2.72. The van der Waals surface area contributed by atoms with Crippen LogP contribution in [0.4, 0.5) is 5.69 Å². The molecule has 0 unspecified atom stereocenters. The lowest BCUT2D eigenvalue weighted by Gasteiger charge is -2.10. The fourth-order valence-corrected chi connectivity index (χ4v) is 2.84. The molecule has 148 valence electrons. The van der Waals surface area contributed by atoms with E-state index >= 15 is 0 Å². The summed E-state index contributed by atoms with van der Waals surface area (Å²) in [7, 11) is 1.60. The smallest absolute Gasteiger partial charge is 0.330 e. The minimum Gasteiger partial charge on any atom is -0.497 e. The molecule has 3 aromatic rings. The lowest BCUT2D eigenvalue weighted by atomic mass is 10.1. The molecule has 0 bridgehead atoms. The van der Waals surface area contributed by atoms with E-state index in [4.69, 9.17) is 9.47 Å². The Morgan fingerprint density at radius 1 is 1.10 bits per heavy atom. The second-order valence-corrected chi connectivity index (χ2v) is 6.34. The van der Waals surface area contributed by atoms with Gasteiger partial charge in [0.25, 0.3) is 5.91 Å². The normalized spacial score (nSPS) is 10.9. The van der Waals surface area contributed by atoms with Crippen LogP contribution in [-0.4, -0.2) is 30.6 Å². The van der Waals surface area contributed by atoms with E-state index in [0.717, 1.165) is 16.5 Å². The number of hydrogen-bond acceptors (Lipinski definition) is 5. The van der Waals surface area contributed by atoms with E-state index in [-0.39, 0.29) is 11.9 Å². The number of esters is 1. The first kappa shape index (κ1) is 20.1. The van der Waals surface area contributed by atoms with Crippen LogP contribution in [0.2, 0.25) is 0 Å². The second-order valence-electron chi connectivity index (χ2n) is 6.34. The first-order chi connectivity index (χ1) is 14.0. The molecule has 0 saturated carbocycles. The lowest BCUT2D eigenvalue weighted by molar-refractivity contribution is -0.137. The molecule has 0 aliphatic heterocycles. The summed E-state index contributed by atoms with van der Waals surface area (Å²) in [5.41, 5.74) is 3.42. The molecule has 6 nitrogen and oxygen atoms in total. The van der Waals surface area contributed by atoms with Gasteiger partial charge in [0.1, 0.15) is 5.75 Å². The highest BCUT2D eigenvalue weighted by Gasteiger charge is 2.12. The highest BCUT2D eigenvalue weighted by Crippen LogP contribution is 2.22. The zero-order chi connectivity index (χ0) is 20.8. The summed E-state index contributed by atoms with van der Waals surface area (Å²) >= 11 is 0. The predicted molar refractivity (Wildman–Crippen MR) is 113 cm³/mol. The third-order valence-electron chi connectivity index (χ3n) is 4.32. The van der Waals surface area contributed by atoms with E-state index in [9.17, 15) is 9.59 Å². The van der Waals surface area contributed by atoms with Gasteiger partial charge >= 0.3 is 5.97 Å². The number of pyridine rings is 1. The van der Waals surface area contributed by atoms with Crippen LogP contribution in [0.5, 0.6) is 5.75 Å². The summed E-state index contributed by atoms with van der Waals surface area (Å²) in [6.45, 7) is 3.90. The number of nitrogens with zero attached hydrogens (tertiary/aromatic N) is 1. The number of benzene rings is 2. The van der Waals surface area contributed by atoms with Crippen molar-refractivity contribution in [2.24, 2.45) is 0 Å². The van der Waals surface area contributed by atoms with Gasteiger partial charge in [-0.3, -0.25) is 9.78 Å². The molecule has 0 spiro atoms. The molecule has 0 radical (unpaired) electrons. The number of rotatable bonds is 6. The quantitative estimate of drug-likeness (QED) is 0.499. The largest absolute Gasteiger partial charge is 0.497 e. The number of methoxy groups -OCH3 is 1. The van der Waals surface area contributed by atoms with E-state index in [2.05, 4.69) is 10.3 Å². The first-order valence-electron chi connectivity index (χ1n) is 9.22. The molecule has 2 aromatic carbocycles. The van der Waals surface area contributed by atoms with Gasteiger partial charge in [0.2, 0.25) is 0 Å². The van der Waals surface area contributed by atoms with Crippen LogP contribution in [0.3, 0.4) is 0 Å². The Morgan fingerprint density at radius 3 is 2.55 bits per heavy atom. The van der Waals surface area contributed by atoms with Crippen molar-refractivity contribution in [2.45, 2.75) is 13.8 Å². The van der Waals surface area contributed by atoms with Crippen LogP contribution in [0.25, 0.3) is 17.0 Å². The summed E-state index contributed by atoms with van der Waals surface area (Å²) in [5.74, 6) is 0.0799. The molecule has 1 heterocycles. The number of aromatic nitrogens is 1. The highest BCUT2D eigenvalue weighted by molar-refractivity contribution is 6.06. The fourth-order valence-electron chi connectivity index (χ4n) is 2.84. The first-order valence-corrected chi connectivity index (χ1v) is 9.22. The van der Waals surface area contributed by atoms with E-state index < -0.39 is 0 Å². The van der Waals surface area contributed by atoms with Gasteiger partial charge < -0.3 is 14.8 Å². The summed E-state index contributed by atoms with van der Waals surface area (Å²) in [5, 5.41) is 3.71. The molecular formula is C23H22N2O4. The number of aryl methyl sites for hydroxylation is 1. The van der Waals surface area contributed by atoms with Crippen LogP contribution in [0.1, 0.15) is 28.5 Å². The minimum atomic E-state index is -0.388. The molecular weight excluding hydrogens is 368 g/mol. The maximum absolute atomic E-state index is 12.7. The third-order valence-corrected chi connectivity index (χ3v) is 4.32. The number of carbonyl (C=O) groups excluding carboxylic acids is 2. The number of nitrogens with one attached hydrogen (secondary N) is 1. The fraction of sp³-hybridized carbons (Fsp3) is 0.174. The highest BCUT2D eigenvalue weighted by atomic mass is 16.5. The Labute approximate surface area is 169 Å². The van der Waals surface area contributed by atoms with Crippen LogP contribution in [-0.2, 0) is 9.53 Å². The van der Waals surface area contributed by atoms with E-state index in [0.29, 0.717) is 29.3 Å². The van der Waals surface area contributed by atoms with Crippen molar-refractivity contribution in [1.82, 2.24) is 4.98 Å². The maximum Gasteiger partial charge on any atom is 0.330 e. The Kier molecular flexibility index (Phi) is 6.24. The third kappa shape index (κ3) is 4.99. The summed E-state index contributed by atoms with van der Waals surface area (Å²) in [6, 6.07) is 14.5. The molecule has 29 heavy (non-hydrogen) atoms. The van der Waals surface area contributed by atoms with Crippen molar-refractivity contribution in [3.05, 3.63) is 71.4 Å². The summed E-state index contributed by atoms with van der Waals surface area (Å²) in [6.07, 6.45) is 3.03. The van der Waals surface area contributed by atoms with Gasteiger partial charge in [-0.15, -0.1) is 0 Å². The van der Waals surface area contributed by atoms with E-state index in [1.165, 1.54) is 6.08 Å². The van der Waals surface area contributed by atoms with Crippen LogP contribution in [0.15, 0.2) is 54.6 Å². The second kappa shape index (κ2) is 9.01. The molecule has 0 aliphatic carbocycles. The summed E-state index contributed by atoms with van der Waals surface area (Å²) < 4.78 is 10.1. The Hall–Kier alpha value is -3.67. The van der Waals surface area contributed by atoms with Crippen molar-refractivity contribution in [3.8, 4) is 5.75 Å². The number of hydrogen-bond donors (Lipinski definition) is 1. The monoisotopic (exact) mass is 390 g/mol. The van der Waals surface area contributed by atoms with Gasteiger partial charge in [-0.2, -0.15) is 0 Å². The van der Waals surface area contributed by atoms with Gasteiger partial charge in [0, 0.05) is 17.1 Å². The topological polar surface area (TPSA) is 77.5 Å². The molecule has 0 fully saturated rings. The maximum atomic E-state index is 12.7. The molecule has 1 aromatic heterocycles. The molecule has 1 amide bonds. The van der Waals surface area contributed by atoms with Gasteiger partial charge in [-0.1, -0.05) is 12.1 Å². The van der Waals surface area contributed by atoms with Crippen molar-refractivity contribution in [1.29, 1.82) is 0 Å². The average molecular weight is 390 g/mol. The van der Waals surface area contributed by atoms with Crippen LogP contribution in [0, 0.1) is 6.92 Å². The molecule has 0 saturated heterocycles. The SMILES string of the molecule is CCOC(=O)/C=C/c1ccc(NC(=O)c2cc3cc(OC)ccc3nc2C)cc1. The lowest BCUT2D eigenvalue weighted by Crippen LogP contribution is -2.14. The number of anilines is 1. The Bertz CT molecular complexity index is 1070. The minimum absolute atomic E-state index is 0.241. The van der Waals surface area contributed by atoms with Crippen molar-refractivity contribution in [3.63, 3.8) is 0 Å². The predicted octanol–water partition coefficient (Wildman–Crippen LogP) is 4.38. The zero-order valence-corrected chi connectivity index (χ0v) is 16.6. The number of amides is 1. The van der Waals surface area contributed by atoms with Gasteiger partial charge in [0.15, 0.2) is 0 Å². The zero-order valence-electron chi connectivity index (χ0n) is 16.6. The van der Waals surface area contributed by atoms with Crippen molar-refractivity contribution >= 4 is 34.5 Å². The standard InChI is InChI=1S/C23H22N2O4/c1-4-29-22(26)12-7-16-5-8-18(9-6-16)25-23(27)20-14-17-13-19(28-3)10-11-21(17)24-15(20)2/h5-14H,4H2,1-3H3,(H,25,27)/b12-7+. The van der Waals surface area contributed by atoms with Crippen LogP contribution >= 0.6 is 0 Å². The molecule has 3 rings (SSSR count). The number of carbonyl (C=O) groups is 2. The Morgan fingerprint density at radius 2 is 1.86 bits per heavy atom. The number of ether oxygens (including phenoxy) is 2. The van der Waals surface area contributed by atoms with E-state index in [1.54, 1.807) is 32.2 Å². The molecule has 0 aliphatic rings. The van der Waals surface area contributed by atoms with Gasteiger partial charge in [0.05, 0.1) is 30.5 Å². The molecule has 6 heteroatoms. The van der Waals surface area contributed by atoms with Crippen molar-refractivity contribution < 1.29 is 19.1 Å². The van der Waals surface area contributed by atoms with E-state index in [1.807, 2.05) is 43.3 Å². The molecule has 1 N–H and O–H groups in total. The number of fused-ring (bicyclic) bond motifs is 1. The summed E-state index contributed by atoms with van der Waals surface area (Å²) in [4.78, 5) is 28.6. The van der Waals surface area contributed by atoms with Gasteiger partial charge in [-0.25, -0.2) is 4.79 Å². The van der Waals surface area contributed by atoms with Crippen LogP contribution < -0.4 is 10.1 Å². The van der Waals surface area contributed by atoms with Gasteiger partial charge in [-0.05, 0) is 61.9 Å². The van der Waals surface area contributed by atoms with Crippen molar-refractivity contribution in [2.75, 3.05) is 19.0 Å².